The van der Waals surface area contributed by atoms with E-state index in [2.05, 4.69) is 5.32 Å². The Labute approximate surface area is 171 Å². The number of non-ortho nitro benzene ring substituents is 1. The summed E-state index contributed by atoms with van der Waals surface area (Å²) in [6.07, 6.45) is -0.0726. The standard InChI is InChI=1S/C19H19ClN2O7/c1-11(2)29-16-7-4-12(8-17(16)27-3)19(24)28-10-18(23)21-15-6-5-13(22(25)26)9-14(15)20/h4-9,11H,10H2,1-3H3,(H,21,23). The summed E-state index contributed by atoms with van der Waals surface area (Å²) in [6.45, 7) is 3.15. The monoisotopic (exact) mass is 422 g/mol. The minimum atomic E-state index is -0.732. The Hall–Kier alpha value is -3.33. The fourth-order valence-electron chi connectivity index (χ4n) is 2.27. The van der Waals surface area contributed by atoms with Gasteiger partial charge < -0.3 is 19.5 Å². The summed E-state index contributed by atoms with van der Waals surface area (Å²) in [5.41, 5.74) is 0.132. The van der Waals surface area contributed by atoms with E-state index < -0.39 is 23.4 Å². The normalized spacial score (nSPS) is 10.4. The number of carbonyl (C=O) groups excluding carboxylic acids is 2. The van der Waals surface area contributed by atoms with Crippen LogP contribution in [0.5, 0.6) is 11.5 Å². The molecule has 0 aliphatic rings. The first-order valence-electron chi connectivity index (χ1n) is 8.47. The van der Waals surface area contributed by atoms with E-state index in [0.717, 1.165) is 6.07 Å². The summed E-state index contributed by atoms with van der Waals surface area (Å²) in [7, 11) is 1.44. The molecule has 0 unspecified atom stereocenters. The van der Waals surface area contributed by atoms with Crippen molar-refractivity contribution >= 4 is 34.9 Å². The highest BCUT2D eigenvalue weighted by Crippen LogP contribution is 2.29. The van der Waals surface area contributed by atoms with Gasteiger partial charge in [-0.3, -0.25) is 14.9 Å². The van der Waals surface area contributed by atoms with Crippen LogP contribution < -0.4 is 14.8 Å². The molecule has 0 radical (unpaired) electrons. The molecule has 1 N–H and O–H groups in total. The van der Waals surface area contributed by atoms with Gasteiger partial charge in [-0.1, -0.05) is 11.6 Å². The minimum absolute atomic E-state index is 0.00986. The van der Waals surface area contributed by atoms with Crippen molar-refractivity contribution in [3.63, 3.8) is 0 Å². The molecule has 0 atom stereocenters. The molecule has 1 amide bonds. The van der Waals surface area contributed by atoms with Crippen molar-refractivity contribution in [2.75, 3.05) is 19.0 Å². The van der Waals surface area contributed by atoms with Gasteiger partial charge in [0.1, 0.15) is 0 Å². The van der Waals surface area contributed by atoms with Gasteiger partial charge >= 0.3 is 5.97 Å². The van der Waals surface area contributed by atoms with Crippen LogP contribution in [-0.4, -0.2) is 36.6 Å². The van der Waals surface area contributed by atoms with Crippen LogP contribution in [-0.2, 0) is 9.53 Å². The maximum absolute atomic E-state index is 12.2. The van der Waals surface area contributed by atoms with Crippen molar-refractivity contribution in [1.29, 1.82) is 0 Å². The summed E-state index contributed by atoms with van der Waals surface area (Å²) in [5, 5.41) is 13.1. The Kier molecular flexibility index (Phi) is 7.38. The molecule has 0 bridgehead atoms. The minimum Gasteiger partial charge on any atom is -0.493 e. The quantitative estimate of drug-likeness (QED) is 0.390. The lowest BCUT2D eigenvalue weighted by atomic mass is 10.2. The van der Waals surface area contributed by atoms with Crippen LogP contribution in [0.15, 0.2) is 36.4 Å². The van der Waals surface area contributed by atoms with Crippen LogP contribution in [0.2, 0.25) is 5.02 Å². The molecule has 10 heteroatoms. The number of amides is 1. The Morgan fingerprint density at radius 2 is 1.90 bits per heavy atom. The highest BCUT2D eigenvalue weighted by Gasteiger charge is 2.16. The zero-order valence-corrected chi connectivity index (χ0v) is 16.7. The number of nitro benzene ring substituents is 1. The average molecular weight is 423 g/mol. The highest BCUT2D eigenvalue weighted by atomic mass is 35.5. The van der Waals surface area contributed by atoms with E-state index in [9.17, 15) is 19.7 Å². The lowest BCUT2D eigenvalue weighted by molar-refractivity contribution is -0.384. The fraction of sp³-hybridized carbons (Fsp3) is 0.263. The number of ether oxygens (including phenoxy) is 3. The number of benzene rings is 2. The number of methoxy groups -OCH3 is 1. The number of nitrogens with zero attached hydrogens (tertiary/aromatic N) is 1. The maximum atomic E-state index is 12.2. The molecule has 2 aromatic carbocycles. The van der Waals surface area contributed by atoms with Crippen LogP contribution in [0.1, 0.15) is 24.2 Å². The van der Waals surface area contributed by atoms with Crippen molar-refractivity contribution in [1.82, 2.24) is 0 Å². The number of esters is 1. The maximum Gasteiger partial charge on any atom is 0.338 e. The molecule has 9 nitrogen and oxygen atoms in total. The Morgan fingerprint density at radius 3 is 2.48 bits per heavy atom. The zero-order valence-electron chi connectivity index (χ0n) is 15.9. The summed E-state index contributed by atoms with van der Waals surface area (Å²) in [4.78, 5) is 34.3. The SMILES string of the molecule is COc1cc(C(=O)OCC(=O)Nc2ccc([N+](=O)[O-])cc2Cl)ccc1OC(C)C. The molecule has 0 heterocycles. The molecule has 0 saturated carbocycles. The number of halogens is 1. The van der Waals surface area contributed by atoms with Gasteiger partial charge in [-0.05, 0) is 38.1 Å². The molecule has 154 valence electrons. The van der Waals surface area contributed by atoms with Crippen LogP contribution >= 0.6 is 11.6 Å². The van der Waals surface area contributed by atoms with Crippen LogP contribution in [0.25, 0.3) is 0 Å². The third kappa shape index (κ3) is 6.08. The summed E-state index contributed by atoms with van der Waals surface area (Å²) < 4.78 is 15.8. The zero-order chi connectivity index (χ0) is 21.6. The van der Waals surface area contributed by atoms with Crippen molar-refractivity contribution in [3.05, 3.63) is 57.1 Å². The van der Waals surface area contributed by atoms with Gasteiger partial charge in [0.2, 0.25) is 0 Å². The van der Waals surface area contributed by atoms with E-state index in [0.29, 0.717) is 11.5 Å². The van der Waals surface area contributed by atoms with E-state index in [1.165, 1.54) is 31.4 Å². The molecular formula is C19H19ClN2O7. The van der Waals surface area contributed by atoms with Crippen molar-refractivity contribution in [2.45, 2.75) is 20.0 Å². The predicted molar refractivity (Wildman–Crippen MR) is 106 cm³/mol. The molecule has 0 saturated heterocycles. The van der Waals surface area contributed by atoms with Gasteiger partial charge in [-0.2, -0.15) is 0 Å². The molecular weight excluding hydrogens is 404 g/mol. The Morgan fingerprint density at radius 1 is 1.17 bits per heavy atom. The number of rotatable bonds is 8. The average Bonchev–Trinajstić information content (AvgIpc) is 2.67. The Balaban J connectivity index is 1.98. The van der Waals surface area contributed by atoms with Crippen molar-refractivity contribution in [3.8, 4) is 11.5 Å². The van der Waals surface area contributed by atoms with Gasteiger partial charge in [-0.25, -0.2) is 4.79 Å². The van der Waals surface area contributed by atoms with Crippen LogP contribution in [0.4, 0.5) is 11.4 Å². The van der Waals surface area contributed by atoms with Gasteiger partial charge in [0.05, 0.1) is 34.4 Å². The third-order valence-electron chi connectivity index (χ3n) is 3.53. The second-order valence-electron chi connectivity index (χ2n) is 6.08. The van der Waals surface area contributed by atoms with Gasteiger partial charge in [0.25, 0.3) is 11.6 Å². The number of anilines is 1. The molecule has 0 aliphatic carbocycles. The number of carbonyl (C=O) groups is 2. The first-order chi connectivity index (χ1) is 13.7. The number of nitrogens with one attached hydrogen (secondary N) is 1. The molecule has 2 aromatic rings. The second kappa shape index (κ2) is 9.74. The topological polar surface area (TPSA) is 117 Å². The molecule has 0 spiro atoms. The van der Waals surface area contributed by atoms with Gasteiger partial charge in [0, 0.05) is 12.1 Å². The third-order valence-corrected chi connectivity index (χ3v) is 3.85. The Bertz CT molecular complexity index is 931. The lowest BCUT2D eigenvalue weighted by Crippen LogP contribution is -2.21. The number of nitro groups is 1. The molecule has 2 rings (SSSR count). The molecule has 0 aliphatic heterocycles. The highest BCUT2D eigenvalue weighted by molar-refractivity contribution is 6.34. The lowest BCUT2D eigenvalue weighted by Gasteiger charge is -2.14. The number of hydrogen-bond acceptors (Lipinski definition) is 7. The van der Waals surface area contributed by atoms with Crippen molar-refractivity contribution < 1.29 is 28.7 Å². The van der Waals surface area contributed by atoms with E-state index >= 15 is 0 Å². The molecule has 0 aromatic heterocycles. The molecule has 0 fully saturated rings. The molecule has 29 heavy (non-hydrogen) atoms. The van der Waals surface area contributed by atoms with Gasteiger partial charge in [-0.15, -0.1) is 0 Å². The summed E-state index contributed by atoms with van der Waals surface area (Å²) in [5.74, 6) is -0.551. The largest absolute Gasteiger partial charge is 0.493 e. The summed E-state index contributed by atoms with van der Waals surface area (Å²) in [6, 6.07) is 8.11. The first-order valence-corrected chi connectivity index (χ1v) is 8.84. The van der Waals surface area contributed by atoms with Crippen molar-refractivity contribution in [2.24, 2.45) is 0 Å². The van der Waals surface area contributed by atoms with Crippen LogP contribution in [0, 0.1) is 10.1 Å². The van der Waals surface area contributed by atoms with Gasteiger partial charge in [0.15, 0.2) is 18.1 Å². The first kappa shape index (κ1) is 22.0. The summed E-state index contributed by atoms with van der Waals surface area (Å²) >= 11 is 5.91. The van der Waals surface area contributed by atoms with E-state index in [1.54, 1.807) is 6.07 Å². The number of hydrogen-bond donors (Lipinski definition) is 1. The second-order valence-corrected chi connectivity index (χ2v) is 6.49. The predicted octanol–water partition coefficient (Wildman–Crippen LogP) is 3.84. The van der Waals surface area contributed by atoms with E-state index in [1.807, 2.05) is 13.8 Å². The van der Waals surface area contributed by atoms with E-state index in [-0.39, 0.29) is 28.1 Å². The smallest absolute Gasteiger partial charge is 0.338 e. The van der Waals surface area contributed by atoms with E-state index in [4.69, 9.17) is 25.8 Å². The fourth-order valence-corrected chi connectivity index (χ4v) is 2.49. The van der Waals surface area contributed by atoms with Crippen LogP contribution in [0.3, 0.4) is 0 Å².